The Morgan fingerprint density at radius 1 is 0.968 bits per heavy atom. The summed E-state index contributed by atoms with van der Waals surface area (Å²) in [5, 5.41) is 4.87. The fraction of sp³-hybridized carbons (Fsp3) is 0.0870. The molecule has 1 amide bonds. The fourth-order valence-corrected chi connectivity index (χ4v) is 4.16. The molecule has 1 aromatic heterocycles. The monoisotopic (exact) mass is 469 g/mol. The highest BCUT2D eigenvalue weighted by Gasteiger charge is 2.14. The van der Waals surface area contributed by atoms with Crippen molar-refractivity contribution in [3.63, 3.8) is 0 Å². The lowest BCUT2D eigenvalue weighted by molar-refractivity contribution is -0.113. The molecule has 0 aliphatic rings. The van der Waals surface area contributed by atoms with Gasteiger partial charge in [-0.05, 0) is 42.0 Å². The second-order valence-electron chi connectivity index (χ2n) is 6.75. The SMILES string of the molecule is O=C(CSc1nc2ccccc2c(=O)n1Cc1ccc(Cl)cc1)Nc1ccccc1Cl. The molecule has 0 aliphatic heterocycles. The number of anilines is 1. The van der Waals surface area contributed by atoms with E-state index in [1.54, 1.807) is 53.1 Å². The third kappa shape index (κ3) is 5.10. The zero-order chi connectivity index (χ0) is 21.8. The average Bonchev–Trinajstić information content (AvgIpc) is 2.77. The largest absolute Gasteiger partial charge is 0.324 e. The Morgan fingerprint density at radius 2 is 1.68 bits per heavy atom. The van der Waals surface area contributed by atoms with Crippen molar-refractivity contribution in [1.29, 1.82) is 0 Å². The van der Waals surface area contributed by atoms with Gasteiger partial charge in [0, 0.05) is 5.02 Å². The quantitative estimate of drug-likeness (QED) is 0.299. The summed E-state index contributed by atoms with van der Waals surface area (Å²) >= 11 is 13.3. The highest BCUT2D eigenvalue weighted by Crippen LogP contribution is 2.23. The molecule has 1 N–H and O–H groups in total. The van der Waals surface area contributed by atoms with Crippen LogP contribution in [-0.4, -0.2) is 21.2 Å². The van der Waals surface area contributed by atoms with E-state index in [9.17, 15) is 9.59 Å². The first kappa shape index (κ1) is 21.4. The number of benzene rings is 3. The van der Waals surface area contributed by atoms with Crippen LogP contribution >= 0.6 is 35.0 Å². The molecule has 0 bridgehead atoms. The first-order valence-corrected chi connectivity index (χ1v) is 11.2. The van der Waals surface area contributed by atoms with Gasteiger partial charge in [-0.3, -0.25) is 14.2 Å². The van der Waals surface area contributed by atoms with Crippen molar-refractivity contribution in [1.82, 2.24) is 9.55 Å². The minimum Gasteiger partial charge on any atom is -0.324 e. The summed E-state index contributed by atoms with van der Waals surface area (Å²) in [7, 11) is 0. The van der Waals surface area contributed by atoms with Crippen LogP contribution in [0.2, 0.25) is 10.0 Å². The number of aromatic nitrogens is 2. The second-order valence-corrected chi connectivity index (χ2v) is 8.53. The molecule has 3 aromatic carbocycles. The lowest BCUT2D eigenvalue weighted by Gasteiger charge is -2.13. The summed E-state index contributed by atoms with van der Waals surface area (Å²) in [4.78, 5) is 30.3. The highest BCUT2D eigenvalue weighted by molar-refractivity contribution is 7.99. The van der Waals surface area contributed by atoms with Crippen molar-refractivity contribution in [2.24, 2.45) is 0 Å². The summed E-state index contributed by atoms with van der Waals surface area (Å²) in [6.45, 7) is 0.322. The Morgan fingerprint density at radius 3 is 2.45 bits per heavy atom. The highest BCUT2D eigenvalue weighted by atomic mass is 35.5. The van der Waals surface area contributed by atoms with Gasteiger partial charge >= 0.3 is 0 Å². The number of para-hydroxylation sites is 2. The van der Waals surface area contributed by atoms with Crippen LogP contribution in [0.15, 0.2) is 82.7 Å². The molecule has 0 saturated carbocycles. The molecule has 0 radical (unpaired) electrons. The Kier molecular flexibility index (Phi) is 6.61. The number of amides is 1. The van der Waals surface area contributed by atoms with E-state index in [0.29, 0.717) is 38.3 Å². The van der Waals surface area contributed by atoms with Crippen molar-refractivity contribution < 1.29 is 4.79 Å². The maximum Gasteiger partial charge on any atom is 0.262 e. The van der Waals surface area contributed by atoms with Crippen LogP contribution in [0.25, 0.3) is 10.9 Å². The van der Waals surface area contributed by atoms with E-state index < -0.39 is 0 Å². The molecular weight excluding hydrogens is 453 g/mol. The summed E-state index contributed by atoms with van der Waals surface area (Å²) in [6, 6.07) is 21.5. The number of thioether (sulfide) groups is 1. The molecule has 0 atom stereocenters. The van der Waals surface area contributed by atoms with E-state index in [4.69, 9.17) is 23.2 Å². The molecule has 156 valence electrons. The Hall–Kier alpha value is -2.80. The van der Waals surface area contributed by atoms with Gasteiger partial charge in [-0.15, -0.1) is 0 Å². The van der Waals surface area contributed by atoms with Crippen molar-refractivity contribution in [2.75, 3.05) is 11.1 Å². The predicted octanol–water partition coefficient (Wildman–Crippen LogP) is 5.48. The maximum absolute atomic E-state index is 13.2. The second kappa shape index (κ2) is 9.56. The number of rotatable bonds is 6. The first-order chi connectivity index (χ1) is 15.0. The molecule has 31 heavy (non-hydrogen) atoms. The van der Waals surface area contributed by atoms with Crippen LogP contribution in [0.5, 0.6) is 0 Å². The molecule has 0 aliphatic carbocycles. The van der Waals surface area contributed by atoms with E-state index in [2.05, 4.69) is 10.3 Å². The third-order valence-corrected chi connectivity index (χ3v) is 6.12. The molecule has 4 rings (SSSR count). The van der Waals surface area contributed by atoms with Crippen LogP contribution in [0.1, 0.15) is 5.56 Å². The Bertz CT molecular complexity index is 1310. The minimum atomic E-state index is -0.237. The summed E-state index contributed by atoms with van der Waals surface area (Å²) in [5.41, 5.74) is 1.88. The van der Waals surface area contributed by atoms with Crippen LogP contribution in [-0.2, 0) is 11.3 Å². The first-order valence-electron chi connectivity index (χ1n) is 9.42. The molecule has 0 unspecified atom stereocenters. The Labute approximate surface area is 193 Å². The van der Waals surface area contributed by atoms with E-state index in [1.807, 2.05) is 24.3 Å². The van der Waals surface area contributed by atoms with Crippen molar-refractivity contribution >= 4 is 57.5 Å². The molecule has 1 heterocycles. The number of nitrogens with one attached hydrogen (secondary N) is 1. The number of hydrogen-bond donors (Lipinski definition) is 1. The van der Waals surface area contributed by atoms with Gasteiger partial charge in [0.05, 0.1) is 33.9 Å². The fourth-order valence-electron chi connectivity index (χ4n) is 3.05. The molecule has 0 fully saturated rings. The predicted molar refractivity (Wildman–Crippen MR) is 127 cm³/mol. The van der Waals surface area contributed by atoms with Gasteiger partial charge in [-0.25, -0.2) is 4.98 Å². The van der Waals surface area contributed by atoms with Gasteiger partial charge < -0.3 is 5.32 Å². The minimum absolute atomic E-state index is 0.0800. The molecule has 0 spiro atoms. The van der Waals surface area contributed by atoms with Crippen LogP contribution in [0.3, 0.4) is 0 Å². The molecular formula is C23H17Cl2N3O2S. The van der Waals surface area contributed by atoms with E-state index in [0.717, 1.165) is 5.56 Å². The zero-order valence-electron chi connectivity index (χ0n) is 16.2. The lowest BCUT2D eigenvalue weighted by atomic mass is 10.2. The van der Waals surface area contributed by atoms with E-state index in [1.165, 1.54) is 11.8 Å². The van der Waals surface area contributed by atoms with Crippen LogP contribution in [0, 0.1) is 0 Å². The maximum atomic E-state index is 13.2. The molecule has 0 saturated heterocycles. The van der Waals surface area contributed by atoms with Crippen molar-refractivity contribution in [2.45, 2.75) is 11.7 Å². The number of carbonyl (C=O) groups is 1. The smallest absolute Gasteiger partial charge is 0.262 e. The number of halogens is 2. The number of carbonyl (C=O) groups excluding carboxylic acids is 1. The average molecular weight is 470 g/mol. The number of hydrogen-bond acceptors (Lipinski definition) is 4. The summed E-state index contributed by atoms with van der Waals surface area (Å²) < 4.78 is 1.58. The van der Waals surface area contributed by atoms with Gasteiger partial charge in [0.1, 0.15) is 0 Å². The third-order valence-electron chi connectivity index (χ3n) is 4.56. The van der Waals surface area contributed by atoms with Gasteiger partial charge in [0.2, 0.25) is 5.91 Å². The Balaban J connectivity index is 1.62. The van der Waals surface area contributed by atoms with Gasteiger partial charge in [-0.2, -0.15) is 0 Å². The standard InChI is InChI=1S/C23H17Cl2N3O2S/c24-16-11-9-15(10-12-16)13-28-22(30)17-5-1-3-7-19(17)27-23(28)31-14-21(29)26-20-8-4-2-6-18(20)25/h1-12H,13-14H2,(H,26,29). The number of fused-ring (bicyclic) bond motifs is 1. The van der Waals surface area contributed by atoms with Gasteiger partial charge in [0.25, 0.3) is 5.56 Å². The van der Waals surface area contributed by atoms with Crippen LogP contribution in [0.4, 0.5) is 5.69 Å². The molecule has 4 aromatic rings. The van der Waals surface area contributed by atoms with Gasteiger partial charge in [0.15, 0.2) is 5.16 Å². The summed E-state index contributed by atoms with van der Waals surface area (Å²) in [6.07, 6.45) is 0. The zero-order valence-corrected chi connectivity index (χ0v) is 18.5. The van der Waals surface area contributed by atoms with Crippen LogP contribution < -0.4 is 10.9 Å². The molecule has 8 heteroatoms. The normalized spacial score (nSPS) is 10.9. The van der Waals surface area contributed by atoms with E-state index in [-0.39, 0.29) is 17.2 Å². The van der Waals surface area contributed by atoms with E-state index >= 15 is 0 Å². The number of nitrogens with zero attached hydrogens (tertiary/aromatic N) is 2. The lowest BCUT2D eigenvalue weighted by Crippen LogP contribution is -2.25. The van der Waals surface area contributed by atoms with Crippen molar-refractivity contribution in [3.05, 3.63) is 98.8 Å². The summed E-state index contributed by atoms with van der Waals surface area (Å²) in [5.74, 6) is -0.157. The van der Waals surface area contributed by atoms with Gasteiger partial charge in [-0.1, -0.05) is 71.4 Å². The van der Waals surface area contributed by atoms with Crippen molar-refractivity contribution in [3.8, 4) is 0 Å². The topological polar surface area (TPSA) is 64.0 Å². The molecule has 5 nitrogen and oxygen atoms in total.